The van der Waals surface area contributed by atoms with E-state index in [0.717, 1.165) is 0 Å². The van der Waals surface area contributed by atoms with E-state index in [1.807, 2.05) is 4.72 Å². The number of rotatable bonds is 10. The molecule has 0 saturated carbocycles. The van der Waals surface area contributed by atoms with E-state index < -0.39 is 37.8 Å². The molecule has 1 unspecified atom stereocenters. The minimum atomic E-state index is -3.84. The van der Waals surface area contributed by atoms with Crippen LogP contribution in [0.1, 0.15) is 26.7 Å². The van der Waals surface area contributed by atoms with Gasteiger partial charge in [0, 0.05) is 6.54 Å². The molecule has 1 atom stereocenters. The molecule has 0 heterocycles. The third kappa shape index (κ3) is 8.14. The highest BCUT2D eigenvalue weighted by Gasteiger charge is 2.23. The number of carbonyl (C=O) groups is 1. The first-order chi connectivity index (χ1) is 8.63. The summed E-state index contributed by atoms with van der Waals surface area (Å²) < 4.78 is 49.5. The number of sulfonamides is 2. The zero-order valence-electron chi connectivity index (χ0n) is 10.9. The highest BCUT2D eigenvalue weighted by atomic mass is 32.2. The van der Waals surface area contributed by atoms with E-state index in [0.29, 0.717) is 6.42 Å². The molecule has 0 aromatic carbocycles. The number of carboxylic acid groups (broad SMARTS) is 1. The molecule has 0 saturated heterocycles. The van der Waals surface area contributed by atoms with Gasteiger partial charge in [-0.25, -0.2) is 26.3 Å². The summed E-state index contributed by atoms with van der Waals surface area (Å²) in [4.78, 5) is 10.8. The maximum atomic E-state index is 11.6. The predicted octanol–water partition coefficient (Wildman–Crippen LogP) is -0.902. The zero-order chi connectivity index (χ0) is 15.1. The summed E-state index contributed by atoms with van der Waals surface area (Å²) in [5.41, 5.74) is 0. The van der Waals surface area contributed by atoms with E-state index in [-0.39, 0.29) is 18.7 Å². The summed E-state index contributed by atoms with van der Waals surface area (Å²) in [5, 5.41) is 8.82. The molecule has 0 fully saturated rings. The van der Waals surface area contributed by atoms with Crippen LogP contribution in [0.15, 0.2) is 0 Å². The van der Waals surface area contributed by atoms with E-state index in [2.05, 4.69) is 4.72 Å². The largest absolute Gasteiger partial charge is 0.480 e. The minimum Gasteiger partial charge on any atom is -0.480 e. The van der Waals surface area contributed by atoms with E-state index in [9.17, 15) is 21.6 Å². The predicted molar refractivity (Wildman–Crippen MR) is 70.7 cm³/mol. The Morgan fingerprint density at radius 1 is 1.16 bits per heavy atom. The second-order valence-corrected chi connectivity index (χ2v) is 7.88. The molecular weight excluding hydrogens is 296 g/mol. The highest BCUT2D eigenvalue weighted by molar-refractivity contribution is 7.90. The second kappa shape index (κ2) is 7.78. The number of hydrogen-bond acceptors (Lipinski definition) is 5. The molecule has 0 aromatic rings. The summed E-state index contributed by atoms with van der Waals surface area (Å²) in [5.74, 6) is -1.90. The van der Waals surface area contributed by atoms with Gasteiger partial charge in [-0.05, 0) is 13.3 Å². The van der Waals surface area contributed by atoms with Gasteiger partial charge in [-0.3, -0.25) is 4.79 Å². The van der Waals surface area contributed by atoms with Crippen LogP contribution < -0.4 is 9.44 Å². The Bertz CT molecular complexity index is 485. The molecule has 0 aliphatic carbocycles. The summed E-state index contributed by atoms with van der Waals surface area (Å²) in [6.45, 7) is 2.88. The van der Waals surface area contributed by atoms with Gasteiger partial charge in [0.1, 0.15) is 6.04 Å². The number of carboxylic acids is 1. The molecule has 0 spiro atoms. The number of aliphatic carboxylic acids is 1. The van der Waals surface area contributed by atoms with Crippen molar-refractivity contribution in [3.05, 3.63) is 0 Å². The monoisotopic (exact) mass is 316 g/mol. The van der Waals surface area contributed by atoms with Crippen molar-refractivity contribution in [3.63, 3.8) is 0 Å². The van der Waals surface area contributed by atoms with Gasteiger partial charge in [-0.1, -0.05) is 13.3 Å². The van der Waals surface area contributed by atoms with Gasteiger partial charge in [-0.15, -0.1) is 0 Å². The third-order valence-corrected chi connectivity index (χ3v) is 5.06. The van der Waals surface area contributed by atoms with E-state index in [1.54, 1.807) is 6.92 Å². The number of hydrogen-bond donors (Lipinski definition) is 3. The molecule has 10 heteroatoms. The van der Waals surface area contributed by atoms with Crippen molar-refractivity contribution >= 4 is 26.0 Å². The molecule has 0 aliphatic rings. The van der Waals surface area contributed by atoms with Crippen molar-refractivity contribution in [1.82, 2.24) is 9.44 Å². The lowest BCUT2D eigenvalue weighted by molar-refractivity contribution is -0.139. The van der Waals surface area contributed by atoms with Gasteiger partial charge in [0.05, 0.1) is 11.5 Å². The van der Waals surface area contributed by atoms with Crippen LogP contribution in [0, 0.1) is 0 Å². The molecule has 19 heavy (non-hydrogen) atoms. The Labute approximate surface area is 113 Å². The van der Waals surface area contributed by atoms with Crippen LogP contribution >= 0.6 is 0 Å². The fraction of sp³-hybridized carbons (Fsp3) is 0.889. The zero-order valence-corrected chi connectivity index (χ0v) is 12.6. The molecule has 114 valence electrons. The maximum Gasteiger partial charge on any atom is 0.321 e. The Hall–Kier alpha value is -0.710. The van der Waals surface area contributed by atoms with Crippen LogP contribution in [0.25, 0.3) is 0 Å². The van der Waals surface area contributed by atoms with Crippen LogP contribution in [-0.2, 0) is 24.8 Å². The molecule has 3 N–H and O–H groups in total. The molecule has 0 aliphatic heterocycles. The molecule has 0 bridgehead atoms. The third-order valence-electron chi connectivity index (χ3n) is 2.27. The highest BCUT2D eigenvalue weighted by Crippen LogP contribution is 1.99. The average Bonchev–Trinajstić information content (AvgIpc) is 2.27. The van der Waals surface area contributed by atoms with E-state index in [1.165, 1.54) is 6.92 Å². The van der Waals surface area contributed by atoms with Crippen molar-refractivity contribution < 1.29 is 26.7 Å². The van der Waals surface area contributed by atoms with Crippen molar-refractivity contribution in [1.29, 1.82) is 0 Å². The lowest BCUT2D eigenvalue weighted by Crippen LogP contribution is -2.43. The Morgan fingerprint density at radius 3 is 2.16 bits per heavy atom. The van der Waals surface area contributed by atoms with Crippen LogP contribution in [-0.4, -0.2) is 52.0 Å². The maximum absolute atomic E-state index is 11.6. The second-order valence-electron chi connectivity index (χ2n) is 3.91. The van der Waals surface area contributed by atoms with Crippen LogP contribution in [0.2, 0.25) is 0 Å². The van der Waals surface area contributed by atoms with Gasteiger partial charge in [-0.2, -0.15) is 0 Å². The lowest BCUT2D eigenvalue weighted by atomic mass is 10.2. The van der Waals surface area contributed by atoms with Crippen LogP contribution in [0.3, 0.4) is 0 Å². The SMILES string of the molecule is CCCC(NS(=O)(=O)CCNS(=O)(=O)CC)C(=O)O. The molecule has 0 rings (SSSR count). The fourth-order valence-electron chi connectivity index (χ4n) is 1.23. The molecule has 0 amide bonds. The van der Waals surface area contributed by atoms with Crippen molar-refractivity contribution in [2.45, 2.75) is 32.7 Å². The van der Waals surface area contributed by atoms with Gasteiger partial charge in [0.25, 0.3) is 0 Å². The minimum absolute atomic E-state index is 0.145. The first-order valence-electron chi connectivity index (χ1n) is 5.83. The molecule has 0 aromatic heterocycles. The van der Waals surface area contributed by atoms with Gasteiger partial charge < -0.3 is 5.11 Å². The quantitative estimate of drug-likeness (QED) is 0.479. The van der Waals surface area contributed by atoms with Crippen LogP contribution in [0.4, 0.5) is 0 Å². The van der Waals surface area contributed by atoms with Crippen molar-refractivity contribution in [2.75, 3.05) is 18.1 Å². The first-order valence-corrected chi connectivity index (χ1v) is 9.14. The van der Waals surface area contributed by atoms with Gasteiger partial charge in [0.15, 0.2) is 0 Å². The van der Waals surface area contributed by atoms with E-state index in [4.69, 9.17) is 5.11 Å². The standard InChI is InChI=1S/C9H20N2O6S2/c1-3-5-8(9(12)13)11-19(16,17)7-6-10-18(14,15)4-2/h8,10-11H,3-7H2,1-2H3,(H,12,13). The average molecular weight is 316 g/mol. The normalized spacial score (nSPS) is 14.2. The number of nitrogens with one attached hydrogen (secondary N) is 2. The van der Waals surface area contributed by atoms with E-state index >= 15 is 0 Å². The summed E-state index contributed by atoms with van der Waals surface area (Å²) in [6, 6.07) is -1.18. The van der Waals surface area contributed by atoms with Gasteiger partial charge >= 0.3 is 5.97 Å². The molecular formula is C9H20N2O6S2. The van der Waals surface area contributed by atoms with Gasteiger partial charge in [0.2, 0.25) is 20.0 Å². The summed E-state index contributed by atoms with van der Waals surface area (Å²) >= 11 is 0. The summed E-state index contributed by atoms with van der Waals surface area (Å²) in [6.07, 6.45) is 0.692. The molecule has 0 radical (unpaired) electrons. The first kappa shape index (κ1) is 18.3. The van der Waals surface area contributed by atoms with Crippen molar-refractivity contribution in [2.24, 2.45) is 0 Å². The fourth-order valence-corrected chi connectivity index (χ4v) is 3.12. The Kier molecular flexibility index (Phi) is 7.49. The Balaban J connectivity index is 4.43. The van der Waals surface area contributed by atoms with Crippen molar-refractivity contribution in [3.8, 4) is 0 Å². The Morgan fingerprint density at radius 2 is 1.74 bits per heavy atom. The lowest BCUT2D eigenvalue weighted by Gasteiger charge is -2.14. The van der Waals surface area contributed by atoms with Crippen LogP contribution in [0.5, 0.6) is 0 Å². The molecule has 8 nitrogen and oxygen atoms in total. The topological polar surface area (TPSA) is 130 Å². The smallest absolute Gasteiger partial charge is 0.321 e. The summed E-state index contributed by atoms with van der Waals surface area (Å²) in [7, 11) is -7.29.